The predicted molar refractivity (Wildman–Crippen MR) is 87.2 cm³/mol. The summed E-state index contributed by atoms with van der Waals surface area (Å²) in [6.07, 6.45) is -0.147. The van der Waals surface area contributed by atoms with Crippen LogP contribution in [-0.4, -0.2) is 50.8 Å². The molecule has 1 aromatic rings. The highest BCUT2D eigenvalue weighted by molar-refractivity contribution is 5.75. The zero-order valence-electron chi connectivity index (χ0n) is 14.8. The second-order valence-corrected chi connectivity index (χ2v) is 5.90. The molecule has 1 atom stereocenters. The zero-order chi connectivity index (χ0) is 17.7. The lowest BCUT2D eigenvalue weighted by Crippen LogP contribution is -2.37. The second-order valence-electron chi connectivity index (χ2n) is 5.90. The van der Waals surface area contributed by atoms with Crippen molar-refractivity contribution >= 4 is 5.97 Å². The van der Waals surface area contributed by atoms with E-state index in [2.05, 4.69) is 0 Å². The third-order valence-corrected chi connectivity index (χ3v) is 3.69. The number of carbonyl (C=O) groups excluding carboxylic acids is 1. The van der Waals surface area contributed by atoms with Crippen LogP contribution < -0.4 is 14.2 Å². The van der Waals surface area contributed by atoms with E-state index in [1.165, 1.54) is 0 Å². The first kappa shape index (κ1) is 18.4. The Labute approximate surface area is 142 Å². The van der Waals surface area contributed by atoms with Crippen LogP contribution in [-0.2, 0) is 20.8 Å². The molecule has 1 aliphatic rings. The van der Waals surface area contributed by atoms with E-state index in [-0.39, 0.29) is 25.7 Å². The molecule has 1 aliphatic heterocycles. The predicted octanol–water partition coefficient (Wildman–Crippen LogP) is 2.17. The van der Waals surface area contributed by atoms with Gasteiger partial charge in [0, 0.05) is 13.7 Å². The summed E-state index contributed by atoms with van der Waals surface area (Å²) >= 11 is 0. The molecule has 0 radical (unpaired) electrons. The molecule has 134 valence electrons. The Kier molecular flexibility index (Phi) is 6.28. The molecule has 2 rings (SSSR count). The van der Waals surface area contributed by atoms with Crippen LogP contribution in [0.1, 0.15) is 26.3 Å². The highest BCUT2D eigenvalue weighted by Gasteiger charge is 2.26. The summed E-state index contributed by atoms with van der Waals surface area (Å²) in [7, 11) is 3.41. The topological polar surface area (TPSA) is 66.5 Å². The Hall–Kier alpha value is -1.99. The average molecular weight is 339 g/mol. The van der Waals surface area contributed by atoms with Crippen molar-refractivity contribution < 1.29 is 28.5 Å². The van der Waals surface area contributed by atoms with Gasteiger partial charge in [0.25, 0.3) is 0 Å². The van der Waals surface area contributed by atoms with E-state index >= 15 is 0 Å². The summed E-state index contributed by atoms with van der Waals surface area (Å²) in [4.78, 5) is 14.0. The quantitative estimate of drug-likeness (QED) is 0.531. The van der Waals surface area contributed by atoms with E-state index < -0.39 is 6.04 Å². The van der Waals surface area contributed by atoms with Gasteiger partial charge in [0.15, 0.2) is 18.3 Å². The summed E-state index contributed by atoms with van der Waals surface area (Å²) < 4.78 is 26.9. The fourth-order valence-electron chi connectivity index (χ4n) is 2.32. The minimum absolute atomic E-state index is 0.126. The van der Waals surface area contributed by atoms with E-state index in [9.17, 15) is 4.79 Å². The van der Waals surface area contributed by atoms with Crippen LogP contribution in [0.5, 0.6) is 17.2 Å². The summed E-state index contributed by atoms with van der Waals surface area (Å²) in [6.45, 7) is 6.21. The van der Waals surface area contributed by atoms with Gasteiger partial charge in [0.1, 0.15) is 11.8 Å². The smallest absolute Gasteiger partial charge is 0.323 e. The SMILES string of the molecule is COCOc1ccc2c(c1CN(C)C(C)C(=O)OC(C)C)OCO2. The average Bonchev–Trinajstić information content (AvgIpc) is 3.01. The first-order valence-electron chi connectivity index (χ1n) is 7.88. The van der Waals surface area contributed by atoms with Crippen molar-refractivity contribution in [1.82, 2.24) is 4.90 Å². The van der Waals surface area contributed by atoms with E-state index in [0.717, 1.165) is 5.56 Å². The van der Waals surface area contributed by atoms with Gasteiger partial charge in [0.2, 0.25) is 6.79 Å². The van der Waals surface area contributed by atoms with Crippen LogP contribution in [0.3, 0.4) is 0 Å². The monoisotopic (exact) mass is 339 g/mol. The maximum absolute atomic E-state index is 12.1. The van der Waals surface area contributed by atoms with Crippen molar-refractivity contribution in [2.45, 2.75) is 39.5 Å². The molecule has 0 aliphatic carbocycles. The number of carbonyl (C=O) groups is 1. The maximum Gasteiger partial charge on any atom is 0.323 e. The number of ether oxygens (including phenoxy) is 5. The van der Waals surface area contributed by atoms with Crippen molar-refractivity contribution in [3.05, 3.63) is 17.7 Å². The second kappa shape index (κ2) is 8.21. The summed E-state index contributed by atoms with van der Waals surface area (Å²) in [5.41, 5.74) is 0.814. The number of methoxy groups -OCH3 is 1. The number of fused-ring (bicyclic) bond motifs is 1. The van der Waals surface area contributed by atoms with Crippen LogP contribution in [0.4, 0.5) is 0 Å². The lowest BCUT2D eigenvalue weighted by atomic mass is 10.1. The summed E-state index contributed by atoms with van der Waals surface area (Å²) in [5, 5.41) is 0. The van der Waals surface area contributed by atoms with Gasteiger partial charge < -0.3 is 23.7 Å². The molecular formula is C17H25NO6. The number of likely N-dealkylation sites (N-methyl/N-ethyl adjacent to an activating group) is 1. The number of rotatable bonds is 8. The minimum Gasteiger partial charge on any atom is -0.467 e. The molecule has 0 spiro atoms. The molecule has 24 heavy (non-hydrogen) atoms. The standard InChI is InChI=1S/C17H25NO6/c1-11(2)24-17(19)12(3)18(4)8-13-14(21-9-20-5)6-7-15-16(13)23-10-22-15/h6-7,11-12H,8-10H2,1-5H3. The fraction of sp³-hybridized carbons (Fsp3) is 0.588. The van der Waals surface area contributed by atoms with E-state index in [1.54, 1.807) is 20.1 Å². The van der Waals surface area contributed by atoms with Crippen LogP contribution >= 0.6 is 0 Å². The highest BCUT2D eigenvalue weighted by Crippen LogP contribution is 2.41. The third-order valence-electron chi connectivity index (χ3n) is 3.69. The normalized spacial score (nSPS) is 14.1. The molecule has 1 heterocycles. The maximum atomic E-state index is 12.1. The Balaban J connectivity index is 2.18. The third kappa shape index (κ3) is 4.30. The minimum atomic E-state index is -0.402. The van der Waals surface area contributed by atoms with E-state index in [1.807, 2.05) is 31.9 Å². The number of benzene rings is 1. The van der Waals surface area contributed by atoms with Crippen LogP contribution in [0.15, 0.2) is 12.1 Å². The molecular weight excluding hydrogens is 314 g/mol. The van der Waals surface area contributed by atoms with Crippen LogP contribution in [0.25, 0.3) is 0 Å². The van der Waals surface area contributed by atoms with E-state index in [4.69, 9.17) is 23.7 Å². The van der Waals surface area contributed by atoms with Gasteiger partial charge >= 0.3 is 5.97 Å². The van der Waals surface area contributed by atoms with Crippen molar-refractivity contribution in [2.24, 2.45) is 0 Å². The Morgan fingerprint density at radius 3 is 2.71 bits per heavy atom. The van der Waals surface area contributed by atoms with Gasteiger partial charge in [-0.15, -0.1) is 0 Å². The fourth-order valence-corrected chi connectivity index (χ4v) is 2.32. The lowest BCUT2D eigenvalue weighted by Gasteiger charge is -2.25. The van der Waals surface area contributed by atoms with Crippen LogP contribution in [0.2, 0.25) is 0 Å². The molecule has 1 unspecified atom stereocenters. The van der Waals surface area contributed by atoms with Gasteiger partial charge in [-0.2, -0.15) is 0 Å². The Bertz CT molecular complexity index is 574. The molecule has 0 bridgehead atoms. The molecule has 7 nitrogen and oxygen atoms in total. The van der Waals surface area contributed by atoms with Gasteiger partial charge in [-0.3, -0.25) is 9.69 Å². The molecule has 0 saturated carbocycles. The van der Waals surface area contributed by atoms with Crippen LogP contribution in [0, 0.1) is 0 Å². The largest absolute Gasteiger partial charge is 0.467 e. The molecule has 0 aromatic heterocycles. The van der Waals surface area contributed by atoms with E-state index in [0.29, 0.717) is 23.8 Å². The lowest BCUT2D eigenvalue weighted by molar-refractivity contribution is -0.152. The zero-order valence-corrected chi connectivity index (χ0v) is 14.8. The van der Waals surface area contributed by atoms with Crippen molar-refractivity contribution in [3.63, 3.8) is 0 Å². The number of hydrogen-bond acceptors (Lipinski definition) is 7. The molecule has 0 saturated heterocycles. The number of hydrogen-bond donors (Lipinski definition) is 0. The molecule has 0 N–H and O–H groups in total. The highest BCUT2D eigenvalue weighted by atomic mass is 16.7. The summed E-state index contributed by atoms with van der Waals surface area (Å²) in [5.74, 6) is 1.68. The van der Waals surface area contributed by atoms with Gasteiger partial charge in [0.05, 0.1) is 11.7 Å². The number of esters is 1. The van der Waals surface area contributed by atoms with Gasteiger partial charge in [-0.1, -0.05) is 0 Å². The first-order chi connectivity index (χ1) is 11.4. The first-order valence-corrected chi connectivity index (χ1v) is 7.88. The van der Waals surface area contributed by atoms with Crippen molar-refractivity contribution in [3.8, 4) is 17.2 Å². The molecule has 0 fully saturated rings. The van der Waals surface area contributed by atoms with Crippen molar-refractivity contribution in [1.29, 1.82) is 0 Å². The number of nitrogens with zero attached hydrogens (tertiary/aromatic N) is 1. The van der Waals surface area contributed by atoms with Gasteiger partial charge in [-0.05, 0) is 40.0 Å². The van der Waals surface area contributed by atoms with Gasteiger partial charge in [-0.25, -0.2) is 0 Å². The van der Waals surface area contributed by atoms with Crippen molar-refractivity contribution in [2.75, 3.05) is 27.7 Å². The molecule has 0 amide bonds. The summed E-state index contributed by atoms with van der Waals surface area (Å²) in [6, 6.07) is 3.21. The Morgan fingerprint density at radius 2 is 2.04 bits per heavy atom. The molecule has 7 heteroatoms. The molecule has 1 aromatic carbocycles. The Morgan fingerprint density at radius 1 is 1.29 bits per heavy atom.